The molecule has 6 heteroatoms. The van der Waals surface area contributed by atoms with Gasteiger partial charge in [0, 0.05) is 24.2 Å². The Morgan fingerprint density at radius 1 is 1.24 bits per heavy atom. The molecule has 0 saturated carbocycles. The maximum absolute atomic E-state index is 12.6. The average molecular weight is 285 g/mol. The van der Waals surface area contributed by atoms with Crippen molar-refractivity contribution < 1.29 is 14.3 Å². The number of H-pyrrole nitrogens is 1. The summed E-state index contributed by atoms with van der Waals surface area (Å²) in [4.78, 5) is 14.4. The van der Waals surface area contributed by atoms with Crippen molar-refractivity contribution in [2.75, 3.05) is 26.3 Å². The molecule has 21 heavy (non-hydrogen) atoms. The van der Waals surface area contributed by atoms with Gasteiger partial charge >= 0.3 is 0 Å². The number of carbonyl (C=O) groups excluding carboxylic acids is 1. The number of amides is 1. The molecule has 108 valence electrons. The first-order valence-corrected chi connectivity index (χ1v) is 7.01. The maximum Gasteiger partial charge on any atom is 0.272 e. The Bertz CT molecular complexity index is 689. The summed E-state index contributed by atoms with van der Waals surface area (Å²) in [5.41, 5.74) is 3.11. The zero-order valence-corrected chi connectivity index (χ0v) is 11.5. The van der Waals surface area contributed by atoms with Crippen LogP contribution < -0.4 is 4.74 Å². The van der Waals surface area contributed by atoms with E-state index in [1.165, 1.54) is 0 Å². The molecule has 0 atom stereocenters. The zero-order valence-electron chi connectivity index (χ0n) is 11.5. The molecule has 0 aliphatic carbocycles. The summed E-state index contributed by atoms with van der Waals surface area (Å²) < 4.78 is 11.0. The van der Waals surface area contributed by atoms with Crippen LogP contribution in [0.4, 0.5) is 0 Å². The summed E-state index contributed by atoms with van der Waals surface area (Å²) in [6, 6.07) is 7.74. The highest BCUT2D eigenvalue weighted by Gasteiger charge is 2.29. The fourth-order valence-corrected chi connectivity index (χ4v) is 2.77. The molecule has 6 nitrogen and oxygen atoms in total. The third-order valence-electron chi connectivity index (χ3n) is 3.89. The fraction of sp³-hybridized carbons (Fsp3) is 0.333. The lowest BCUT2D eigenvalue weighted by molar-refractivity contribution is 0.0297. The van der Waals surface area contributed by atoms with E-state index in [4.69, 9.17) is 9.47 Å². The van der Waals surface area contributed by atoms with Crippen molar-refractivity contribution in [3.63, 3.8) is 0 Å². The maximum atomic E-state index is 12.6. The largest absolute Gasteiger partial charge is 0.488 e. The van der Waals surface area contributed by atoms with Gasteiger partial charge in [0.1, 0.15) is 23.7 Å². The monoisotopic (exact) mass is 285 g/mol. The summed E-state index contributed by atoms with van der Waals surface area (Å²) in [7, 11) is 0. The highest BCUT2D eigenvalue weighted by Crippen LogP contribution is 2.37. The molecule has 0 radical (unpaired) electrons. The van der Waals surface area contributed by atoms with Crippen molar-refractivity contribution in [2.45, 2.75) is 6.61 Å². The van der Waals surface area contributed by atoms with Gasteiger partial charge in [0.05, 0.1) is 13.2 Å². The molecule has 1 N–H and O–H groups in total. The van der Waals surface area contributed by atoms with Crippen LogP contribution in [0.25, 0.3) is 11.3 Å². The number of carbonyl (C=O) groups is 1. The molecule has 1 amide bonds. The van der Waals surface area contributed by atoms with Crippen molar-refractivity contribution in [1.29, 1.82) is 0 Å². The molecule has 4 rings (SSSR count). The van der Waals surface area contributed by atoms with Gasteiger partial charge in [0.25, 0.3) is 5.91 Å². The number of hydrogen-bond donors (Lipinski definition) is 1. The van der Waals surface area contributed by atoms with Gasteiger partial charge in [0.2, 0.25) is 0 Å². The lowest BCUT2D eigenvalue weighted by atomic mass is 10.0. The molecule has 1 saturated heterocycles. The van der Waals surface area contributed by atoms with Crippen molar-refractivity contribution in [3.8, 4) is 17.0 Å². The number of para-hydroxylation sites is 1. The second-order valence-corrected chi connectivity index (χ2v) is 5.12. The third-order valence-corrected chi connectivity index (χ3v) is 3.89. The van der Waals surface area contributed by atoms with Gasteiger partial charge in [0.15, 0.2) is 0 Å². The van der Waals surface area contributed by atoms with E-state index in [-0.39, 0.29) is 5.91 Å². The Labute approximate surface area is 121 Å². The van der Waals surface area contributed by atoms with Gasteiger partial charge in [-0.1, -0.05) is 12.1 Å². The standard InChI is InChI=1S/C15H15N3O3/c19-15(18-5-7-20-8-6-18)14-11-9-21-12-4-2-1-3-10(12)13(11)16-17-14/h1-4H,5-9H2,(H,16,17). The van der Waals surface area contributed by atoms with Crippen molar-refractivity contribution in [3.05, 3.63) is 35.5 Å². The van der Waals surface area contributed by atoms with E-state index >= 15 is 0 Å². The minimum atomic E-state index is -0.0324. The molecule has 2 aromatic rings. The first-order chi connectivity index (χ1) is 10.3. The summed E-state index contributed by atoms with van der Waals surface area (Å²) in [6.07, 6.45) is 0. The lowest BCUT2D eigenvalue weighted by Gasteiger charge is -2.27. The molecule has 3 heterocycles. The number of nitrogens with one attached hydrogen (secondary N) is 1. The topological polar surface area (TPSA) is 67.5 Å². The van der Waals surface area contributed by atoms with Crippen LogP contribution >= 0.6 is 0 Å². The summed E-state index contributed by atoms with van der Waals surface area (Å²) in [6.45, 7) is 2.77. The van der Waals surface area contributed by atoms with E-state index < -0.39 is 0 Å². The lowest BCUT2D eigenvalue weighted by Crippen LogP contribution is -2.41. The third kappa shape index (κ3) is 1.99. The SMILES string of the molecule is O=C(c1[nH]nc2c1COc1ccccc1-2)N1CCOCC1. The Morgan fingerprint density at radius 3 is 2.90 bits per heavy atom. The van der Waals surface area contributed by atoms with Crippen molar-refractivity contribution in [1.82, 2.24) is 15.1 Å². The molecule has 1 fully saturated rings. The molecular weight excluding hydrogens is 270 g/mol. The van der Waals surface area contributed by atoms with Crippen LogP contribution in [0.2, 0.25) is 0 Å². The molecule has 0 unspecified atom stereocenters. The van der Waals surface area contributed by atoms with Gasteiger partial charge in [-0.25, -0.2) is 0 Å². The van der Waals surface area contributed by atoms with Crippen LogP contribution in [0, 0.1) is 0 Å². The van der Waals surface area contributed by atoms with Gasteiger partial charge in [-0.2, -0.15) is 5.10 Å². The summed E-state index contributed by atoms with van der Waals surface area (Å²) >= 11 is 0. The molecule has 1 aromatic carbocycles. The molecule has 1 aromatic heterocycles. The number of aromatic amines is 1. The van der Waals surface area contributed by atoms with Crippen molar-refractivity contribution in [2.24, 2.45) is 0 Å². The number of ether oxygens (including phenoxy) is 2. The predicted octanol–water partition coefficient (Wildman–Crippen LogP) is 1.44. The predicted molar refractivity (Wildman–Crippen MR) is 75.1 cm³/mol. The first kappa shape index (κ1) is 12.4. The highest BCUT2D eigenvalue weighted by molar-refractivity contribution is 5.96. The Hall–Kier alpha value is -2.34. The van der Waals surface area contributed by atoms with Gasteiger partial charge in [-0.05, 0) is 12.1 Å². The van der Waals surface area contributed by atoms with Crippen molar-refractivity contribution >= 4 is 5.91 Å². The zero-order chi connectivity index (χ0) is 14.2. The number of nitrogens with zero attached hydrogens (tertiary/aromatic N) is 2. The Morgan fingerprint density at radius 2 is 2.05 bits per heavy atom. The quantitative estimate of drug-likeness (QED) is 0.861. The Kier molecular flexibility index (Phi) is 2.89. The number of rotatable bonds is 1. The Balaban J connectivity index is 1.71. The van der Waals surface area contributed by atoms with E-state index in [9.17, 15) is 4.79 Å². The number of morpholine rings is 1. The number of aromatic nitrogens is 2. The van der Waals surface area contributed by atoms with Crippen LogP contribution in [0.5, 0.6) is 5.75 Å². The van der Waals surface area contributed by atoms with Crippen LogP contribution in [0.1, 0.15) is 16.1 Å². The van der Waals surface area contributed by atoms with Gasteiger partial charge in [-0.15, -0.1) is 0 Å². The fourth-order valence-electron chi connectivity index (χ4n) is 2.77. The smallest absolute Gasteiger partial charge is 0.272 e. The van der Waals surface area contributed by atoms with E-state index in [0.717, 1.165) is 22.6 Å². The van der Waals surface area contributed by atoms with E-state index in [0.29, 0.717) is 38.6 Å². The minimum Gasteiger partial charge on any atom is -0.488 e. The highest BCUT2D eigenvalue weighted by atomic mass is 16.5. The van der Waals surface area contributed by atoms with E-state index in [1.807, 2.05) is 24.3 Å². The van der Waals surface area contributed by atoms with Gasteiger partial charge in [-0.3, -0.25) is 9.89 Å². The minimum absolute atomic E-state index is 0.0324. The average Bonchev–Trinajstić information content (AvgIpc) is 2.99. The molecule has 0 bridgehead atoms. The van der Waals surface area contributed by atoms with Crippen LogP contribution in [-0.4, -0.2) is 47.3 Å². The molecule has 2 aliphatic rings. The van der Waals surface area contributed by atoms with Crippen LogP contribution in [0.3, 0.4) is 0 Å². The number of hydrogen-bond acceptors (Lipinski definition) is 4. The molecular formula is C15H15N3O3. The summed E-state index contributed by atoms with van der Waals surface area (Å²) in [5.74, 6) is 0.775. The molecule has 0 spiro atoms. The van der Waals surface area contributed by atoms with E-state index in [1.54, 1.807) is 4.90 Å². The second kappa shape index (κ2) is 4.89. The normalized spacial score (nSPS) is 16.9. The van der Waals surface area contributed by atoms with E-state index in [2.05, 4.69) is 10.2 Å². The van der Waals surface area contributed by atoms with Gasteiger partial charge < -0.3 is 14.4 Å². The second-order valence-electron chi connectivity index (χ2n) is 5.12. The van der Waals surface area contributed by atoms with Crippen LogP contribution in [0.15, 0.2) is 24.3 Å². The first-order valence-electron chi connectivity index (χ1n) is 7.01. The number of fused-ring (bicyclic) bond motifs is 3. The molecule has 2 aliphatic heterocycles. The summed E-state index contributed by atoms with van der Waals surface area (Å²) in [5, 5.41) is 7.22. The number of benzene rings is 1. The van der Waals surface area contributed by atoms with Crippen LogP contribution in [-0.2, 0) is 11.3 Å².